The molecule has 200 valence electrons. The molecule has 0 unspecified atom stereocenters. The third kappa shape index (κ3) is 5.74. The lowest BCUT2D eigenvalue weighted by atomic mass is 9.98. The Morgan fingerprint density at radius 1 is 0.923 bits per heavy atom. The molecule has 0 saturated heterocycles. The molecule has 5 rings (SSSR count). The van der Waals surface area contributed by atoms with Crippen LogP contribution < -0.4 is 10.2 Å². The van der Waals surface area contributed by atoms with Crippen molar-refractivity contribution in [2.24, 2.45) is 0 Å². The van der Waals surface area contributed by atoms with E-state index in [-0.39, 0.29) is 12.5 Å². The van der Waals surface area contributed by atoms with Crippen LogP contribution in [0.2, 0.25) is 0 Å². The third-order valence-corrected chi connectivity index (χ3v) is 6.21. The summed E-state index contributed by atoms with van der Waals surface area (Å²) in [6.07, 6.45) is -1.36. The summed E-state index contributed by atoms with van der Waals surface area (Å²) in [7, 11) is 0. The van der Waals surface area contributed by atoms with Crippen LogP contribution in [0.25, 0.3) is 22.2 Å². The minimum Gasteiger partial charge on any atom is -0.458 e. The van der Waals surface area contributed by atoms with E-state index in [1.54, 1.807) is 45.0 Å². The van der Waals surface area contributed by atoms with E-state index in [1.807, 2.05) is 48.5 Å². The zero-order valence-electron chi connectivity index (χ0n) is 21.8. The highest BCUT2D eigenvalue weighted by Gasteiger charge is 2.32. The van der Waals surface area contributed by atoms with Crippen LogP contribution in [0.15, 0.2) is 72.8 Å². The molecular formula is C29H28N4O6. The van der Waals surface area contributed by atoms with Gasteiger partial charge in [0, 0.05) is 5.92 Å². The Balaban J connectivity index is 1.27. The second-order valence-electron chi connectivity index (χ2n) is 10.2. The van der Waals surface area contributed by atoms with Crippen LogP contribution in [-0.4, -0.2) is 51.4 Å². The number of amides is 1. The smallest absolute Gasteiger partial charge is 0.407 e. The van der Waals surface area contributed by atoms with E-state index in [0.717, 1.165) is 27.1 Å². The molecule has 1 aromatic heterocycles. The van der Waals surface area contributed by atoms with E-state index >= 15 is 0 Å². The standard InChI is InChI=1S/C29H28N4O6/c1-29(2,3)38-27(35)24(16-26(34)39-33-25-15-9-8-14-23(25)31-32-33)30-28(36)37-17-22-20-12-6-4-10-18(20)19-11-5-7-13-21(19)22/h4-15,22,24H,16-17H2,1-3H3,(H,30,36)/t24-/m0/s1. The lowest BCUT2D eigenvalue weighted by molar-refractivity contribution is -0.161. The third-order valence-electron chi connectivity index (χ3n) is 6.21. The molecule has 1 aliphatic rings. The van der Waals surface area contributed by atoms with Gasteiger partial charge in [-0.05, 0) is 60.4 Å². The topological polar surface area (TPSA) is 122 Å². The Kier molecular flexibility index (Phi) is 7.02. The first-order valence-electron chi connectivity index (χ1n) is 12.6. The predicted molar refractivity (Wildman–Crippen MR) is 142 cm³/mol. The molecule has 0 aliphatic heterocycles. The summed E-state index contributed by atoms with van der Waals surface area (Å²) in [6.45, 7) is 5.12. The highest BCUT2D eigenvalue weighted by molar-refractivity contribution is 5.87. The van der Waals surface area contributed by atoms with Crippen molar-refractivity contribution >= 4 is 29.1 Å². The largest absolute Gasteiger partial charge is 0.458 e. The lowest BCUT2D eigenvalue weighted by Gasteiger charge is -2.24. The van der Waals surface area contributed by atoms with Crippen LogP contribution in [0.1, 0.15) is 44.2 Å². The number of para-hydroxylation sites is 1. The molecule has 1 aliphatic carbocycles. The van der Waals surface area contributed by atoms with Crippen molar-refractivity contribution in [2.75, 3.05) is 6.61 Å². The van der Waals surface area contributed by atoms with Crippen LogP contribution in [0.3, 0.4) is 0 Å². The van der Waals surface area contributed by atoms with Gasteiger partial charge in [-0.25, -0.2) is 14.4 Å². The second kappa shape index (κ2) is 10.6. The summed E-state index contributed by atoms with van der Waals surface area (Å²) in [4.78, 5) is 44.8. The molecule has 0 fully saturated rings. The molecule has 1 amide bonds. The monoisotopic (exact) mass is 528 g/mol. The Bertz CT molecular complexity index is 1490. The molecule has 3 aromatic carbocycles. The van der Waals surface area contributed by atoms with Crippen LogP contribution in [0.4, 0.5) is 4.79 Å². The lowest BCUT2D eigenvalue weighted by Crippen LogP contribution is -2.46. The van der Waals surface area contributed by atoms with Gasteiger partial charge in [-0.15, -0.1) is 5.10 Å². The average molecular weight is 529 g/mol. The molecule has 10 nitrogen and oxygen atoms in total. The van der Waals surface area contributed by atoms with E-state index < -0.39 is 36.1 Å². The first-order chi connectivity index (χ1) is 18.7. The van der Waals surface area contributed by atoms with Gasteiger partial charge in [-0.1, -0.05) is 65.5 Å². The SMILES string of the molecule is CC(C)(C)OC(=O)[C@H](CC(=O)On1nnc2ccccc21)NC(=O)OCC1c2ccccc2-c2ccccc21. The maximum Gasteiger partial charge on any atom is 0.407 e. The van der Waals surface area contributed by atoms with Crippen molar-refractivity contribution < 1.29 is 28.7 Å². The molecule has 0 spiro atoms. The van der Waals surface area contributed by atoms with E-state index in [2.05, 4.69) is 15.6 Å². The highest BCUT2D eigenvalue weighted by Crippen LogP contribution is 2.44. The zero-order valence-corrected chi connectivity index (χ0v) is 21.8. The number of alkyl carbamates (subject to hydrolysis) is 1. The van der Waals surface area contributed by atoms with Crippen LogP contribution in [0.5, 0.6) is 0 Å². The van der Waals surface area contributed by atoms with E-state index in [1.165, 1.54) is 0 Å². The number of aromatic nitrogens is 3. The molecule has 10 heteroatoms. The number of carbonyl (C=O) groups is 3. The van der Waals surface area contributed by atoms with Gasteiger partial charge in [0.15, 0.2) is 0 Å². The van der Waals surface area contributed by atoms with Gasteiger partial charge in [0.2, 0.25) is 0 Å². The van der Waals surface area contributed by atoms with Gasteiger partial charge >= 0.3 is 18.0 Å². The fourth-order valence-electron chi connectivity index (χ4n) is 4.56. The molecule has 0 saturated carbocycles. The summed E-state index contributed by atoms with van der Waals surface area (Å²) < 4.78 is 11.0. The van der Waals surface area contributed by atoms with E-state index in [0.29, 0.717) is 11.0 Å². The normalized spacial score (nSPS) is 13.3. The van der Waals surface area contributed by atoms with Crippen molar-refractivity contribution in [3.63, 3.8) is 0 Å². The molecule has 39 heavy (non-hydrogen) atoms. The first-order valence-corrected chi connectivity index (χ1v) is 12.6. The number of ether oxygens (including phenoxy) is 2. The van der Waals surface area contributed by atoms with Crippen molar-refractivity contribution in [1.82, 2.24) is 20.5 Å². The summed E-state index contributed by atoms with van der Waals surface area (Å²) in [5.41, 5.74) is 4.46. The van der Waals surface area contributed by atoms with Crippen molar-refractivity contribution in [3.05, 3.63) is 83.9 Å². The van der Waals surface area contributed by atoms with Gasteiger partial charge in [-0.3, -0.25) is 0 Å². The first kappa shape index (κ1) is 25.9. The fourth-order valence-corrected chi connectivity index (χ4v) is 4.56. The van der Waals surface area contributed by atoms with E-state index in [9.17, 15) is 14.4 Å². The van der Waals surface area contributed by atoms with Crippen LogP contribution in [0, 0.1) is 0 Å². The summed E-state index contributed by atoms with van der Waals surface area (Å²) in [5.74, 6) is -1.77. The van der Waals surface area contributed by atoms with E-state index in [4.69, 9.17) is 14.3 Å². The molecule has 1 heterocycles. The minimum absolute atomic E-state index is 0.0519. The average Bonchev–Trinajstić information content (AvgIpc) is 3.45. The van der Waals surface area contributed by atoms with Crippen LogP contribution in [-0.2, 0) is 19.1 Å². The van der Waals surface area contributed by atoms with Crippen molar-refractivity contribution in [3.8, 4) is 11.1 Å². The molecular weight excluding hydrogens is 500 g/mol. The van der Waals surface area contributed by atoms with Crippen LogP contribution >= 0.6 is 0 Å². The molecule has 4 aromatic rings. The zero-order chi connectivity index (χ0) is 27.6. The maximum absolute atomic E-state index is 12.9. The quantitative estimate of drug-likeness (QED) is 0.282. The maximum atomic E-state index is 12.9. The second-order valence-corrected chi connectivity index (χ2v) is 10.2. The number of hydrogen-bond acceptors (Lipinski definition) is 8. The predicted octanol–water partition coefficient (Wildman–Crippen LogP) is 4.03. The Hall–Kier alpha value is -4.73. The number of nitrogens with one attached hydrogen (secondary N) is 1. The summed E-state index contributed by atoms with van der Waals surface area (Å²) in [6, 6.07) is 21.5. The minimum atomic E-state index is -1.35. The molecule has 0 radical (unpaired) electrons. The Labute approximate surface area is 224 Å². The van der Waals surface area contributed by atoms with Gasteiger partial charge in [0.05, 0.1) is 6.42 Å². The number of hydrogen-bond donors (Lipinski definition) is 1. The number of fused-ring (bicyclic) bond motifs is 4. The number of esters is 1. The highest BCUT2D eigenvalue weighted by atomic mass is 16.7. The van der Waals surface area contributed by atoms with Gasteiger partial charge in [0.1, 0.15) is 29.3 Å². The fraction of sp³-hybridized carbons (Fsp3) is 0.276. The Morgan fingerprint density at radius 3 is 2.21 bits per heavy atom. The molecule has 1 N–H and O–H groups in total. The van der Waals surface area contributed by atoms with Gasteiger partial charge in [0.25, 0.3) is 0 Å². The molecule has 0 bridgehead atoms. The van der Waals surface area contributed by atoms with Gasteiger partial charge < -0.3 is 19.6 Å². The summed E-state index contributed by atoms with van der Waals surface area (Å²) >= 11 is 0. The number of carbonyl (C=O) groups excluding carboxylic acids is 3. The summed E-state index contributed by atoms with van der Waals surface area (Å²) in [5, 5.41) is 10.2. The van der Waals surface area contributed by atoms with Gasteiger partial charge in [-0.2, -0.15) is 0 Å². The number of rotatable bonds is 7. The Morgan fingerprint density at radius 2 is 1.54 bits per heavy atom. The van der Waals surface area contributed by atoms with Crippen molar-refractivity contribution in [2.45, 2.75) is 44.8 Å². The number of benzene rings is 3. The molecule has 1 atom stereocenters. The van der Waals surface area contributed by atoms with Crippen molar-refractivity contribution in [1.29, 1.82) is 0 Å². The number of nitrogens with zero attached hydrogens (tertiary/aromatic N) is 3.